The van der Waals surface area contributed by atoms with Crippen molar-refractivity contribution < 1.29 is 14.6 Å². The second-order valence-corrected chi connectivity index (χ2v) is 4.49. The molecular weight excluding hydrogens is 268 g/mol. The fraction of sp³-hybridized carbons (Fsp3) is 0.125. The number of hydrazone groups is 1. The monoisotopic (exact) mass is 284 g/mol. The fourth-order valence-electron chi connectivity index (χ4n) is 1.77. The van der Waals surface area contributed by atoms with Crippen LogP contribution < -0.4 is 10.2 Å². The summed E-state index contributed by atoms with van der Waals surface area (Å²) in [5, 5.41) is 13.5. The van der Waals surface area contributed by atoms with Crippen LogP contribution >= 0.6 is 0 Å². The third kappa shape index (κ3) is 3.82. The zero-order valence-electron chi connectivity index (χ0n) is 11.8. The number of aromatic hydroxyl groups is 1. The molecule has 0 aromatic heterocycles. The summed E-state index contributed by atoms with van der Waals surface area (Å²) in [6.45, 7) is 1.91. The number of carbonyl (C=O) groups excluding carboxylic acids is 1. The van der Waals surface area contributed by atoms with Gasteiger partial charge in [0.25, 0.3) is 5.91 Å². The number of aryl methyl sites for hydroxylation is 1. The summed E-state index contributed by atoms with van der Waals surface area (Å²) < 4.78 is 5.06. The second-order valence-electron chi connectivity index (χ2n) is 4.49. The molecular formula is C16H16N2O3. The third-order valence-electron chi connectivity index (χ3n) is 2.88. The van der Waals surface area contributed by atoms with E-state index in [1.165, 1.54) is 19.4 Å². The molecule has 0 spiro atoms. The number of benzene rings is 2. The highest BCUT2D eigenvalue weighted by Crippen LogP contribution is 2.20. The Hall–Kier alpha value is -2.82. The molecule has 0 saturated heterocycles. The van der Waals surface area contributed by atoms with Gasteiger partial charge >= 0.3 is 0 Å². The Morgan fingerprint density at radius 1 is 1.29 bits per heavy atom. The summed E-state index contributed by atoms with van der Waals surface area (Å²) in [4.78, 5) is 11.9. The van der Waals surface area contributed by atoms with Crippen LogP contribution in [0.1, 0.15) is 21.5 Å². The van der Waals surface area contributed by atoms with Crippen molar-refractivity contribution in [3.63, 3.8) is 0 Å². The first-order valence-electron chi connectivity index (χ1n) is 6.37. The van der Waals surface area contributed by atoms with Crippen molar-refractivity contribution in [3.05, 3.63) is 59.2 Å². The van der Waals surface area contributed by atoms with Crippen LogP contribution in [0.3, 0.4) is 0 Å². The lowest BCUT2D eigenvalue weighted by atomic mass is 10.1. The smallest absolute Gasteiger partial charge is 0.271 e. The van der Waals surface area contributed by atoms with Crippen LogP contribution in [0.5, 0.6) is 11.5 Å². The van der Waals surface area contributed by atoms with Crippen LogP contribution in [0.4, 0.5) is 0 Å². The summed E-state index contributed by atoms with van der Waals surface area (Å²) in [5.41, 5.74) is 4.40. The van der Waals surface area contributed by atoms with Crippen LogP contribution in [-0.2, 0) is 0 Å². The van der Waals surface area contributed by atoms with Crippen molar-refractivity contribution in [1.82, 2.24) is 5.43 Å². The van der Waals surface area contributed by atoms with E-state index in [0.717, 1.165) is 5.56 Å². The van der Waals surface area contributed by atoms with Gasteiger partial charge in [-0.3, -0.25) is 4.79 Å². The molecule has 5 heteroatoms. The minimum Gasteiger partial charge on any atom is -0.507 e. The molecule has 5 nitrogen and oxygen atoms in total. The number of phenols is 1. The van der Waals surface area contributed by atoms with E-state index in [2.05, 4.69) is 10.5 Å². The topological polar surface area (TPSA) is 70.9 Å². The first-order chi connectivity index (χ1) is 10.1. The molecule has 0 aliphatic heterocycles. The number of nitrogens with one attached hydrogen (secondary N) is 1. The molecule has 21 heavy (non-hydrogen) atoms. The average molecular weight is 284 g/mol. The number of rotatable bonds is 4. The molecule has 0 unspecified atom stereocenters. The lowest BCUT2D eigenvalue weighted by Crippen LogP contribution is -2.17. The highest BCUT2D eigenvalue weighted by Gasteiger charge is 2.04. The molecule has 0 aliphatic carbocycles. The SMILES string of the molecule is COc1ccc(O)c(/C=N/NC(=O)c2cccc(C)c2)c1. The second kappa shape index (κ2) is 6.56. The summed E-state index contributed by atoms with van der Waals surface area (Å²) in [5.74, 6) is 0.348. The Labute approximate surface area is 122 Å². The van der Waals surface area contributed by atoms with Crippen molar-refractivity contribution in [1.29, 1.82) is 0 Å². The molecule has 0 saturated carbocycles. The molecule has 0 bridgehead atoms. The molecule has 2 aromatic carbocycles. The normalized spacial score (nSPS) is 10.6. The average Bonchev–Trinajstić information content (AvgIpc) is 2.49. The number of phenolic OH excluding ortho intramolecular Hbond substituents is 1. The van der Waals surface area contributed by atoms with Crippen molar-refractivity contribution in [2.24, 2.45) is 5.10 Å². The Morgan fingerprint density at radius 2 is 2.10 bits per heavy atom. The highest BCUT2D eigenvalue weighted by atomic mass is 16.5. The Balaban J connectivity index is 2.07. The summed E-state index contributed by atoms with van der Waals surface area (Å²) >= 11 is 0. The van der Waals surface area contributed by atoms with Crippen molar-refractivity contribution in [2.45, 2.75) is 6.92 Å². The van der Waals surface area contributed by atoms with Gasteiger partial charge in [0, 0.05) is 11.1 Å². The number of hydrogen-bond acceptors (Lipinski definition) is 4. The molecule has 2 N–H and O–H groups in total. The van der Waals surface area contributed by atoms with Gasteiger partial charge in [-0.2, -0.15) is 5.10 Å². The van der Waals surface area contributed by atoms with E-state index >= 15 is 0 Å². The number of methoxy groups -OCH3 is 1. The van der Waals surface area contributed by atoms with E-state index < -0.39 is 0 Å². The van der Waals surface area contributed by atoms with Gasteiger partial charge in [0.15, 0.2) is 0 Å². The van der Waals surface area contributed by atoms with Gasteiger partial charge in [-0.25, -0.2) is 5.43 Å². The molecule has 2 rings (SSSR count). The number of carbonyl (C=O) groups is 1. The highest BCUT2D eigenvalue weighted by molar-refractivity contribution is 5.95. The molecule has 108 valence electrons. The van der Waals surface area contributed by atoms with Crippen LogP contribution in [-0.4, -0.2) is 24.3 Å². The fourth-order valence-corrected chi connectivity index (χ4v) is 1.77. The first-order valence-corrected chi connectivity index (χ1v) is 6.37. The molecule has 1 amide bonds. The van der Waals surface area contributed by atoms with E-state index in [1.54, 1.807) is 24.3 Å². The van der Waals surface area contributed by atoms with E-state index in [1.807, 2.05) is 19.1 Å². The van der Waals surface area contributed by atoms with Gasteiger partial charge in [-0.05, 0) is 37.3 Å². The lowest BCUT2D eigenvalue weighted by molar-refractivity contribution is 0.0955. The summed E-state index contributed by atoms with van der Waals surface area (Å²) in [7, 11) is 1.53. The molecule has 2 aromatic rings. The molecule has 0 radical (unpaired) electrons. The Kier molecular flexibility index (Phi) is 4.56. The quantitative estimate of drug-likeness (QED) is 0.669. The van der Waals surface area contributed by atoms with E-state index in [-0.39, 0.29) is 11.7 Å². The van der Waals surface area contributed by atoms with Gasteiger partial charge in [-0.15, -0.1) is 0 Å². The Morgan fingerprint density at radius 3 is 2.81 bits per heavy atom. The van der Waals surface area contributed by atoms with Crippen LogP contribution in [0.15, 0.2) is 47.6 Å². The van der Waals surface area contributed by atoms with Crippen molar-refractivity contribution in [2.75, 3.05) is 7.11 Å². The van der Waals surface area contributed by atoms with Gasteiger partial charge in [-0.1, -0.05) is 17.7 Å². The number of hydrogen-bond donors (Lipinski definition) is 2. The predicted molar refractivity (Wildman–Crippen MR) is 80.9 cm³/mol. The predicted octanol–water partition coefficient (Wildman–Crippen LogP) is 2.47. The van der Waals surface area contributed by atoms with Gasteiger partial charge < -0.3 is 9.84 Å². The molecule has 0 heterocycles. The standard InChI is InChI=1S/C16H16N2O3/c1-11-4-3-5-12(8-11)16(20)18-17-10-13-9-14(21-2)6-7-15(13)19/h3-10,19H,1-2H3,(H,18,20)/b17-10+. The van der Waals surface area contributed by atoms with E-state index in [0.29, 0.717) is 16.9 Å². The van der Waals surface area contributed by atoms with Gasteiger partial charge in [0.1, 0.15) is 11.5 Å². The number of amides is 1. The number of ether oxygens (including phenoxy) is 1. The minimum atomic E-state index is -0.308. The minimum absolute atomic E-state index is 0.0596. The summed E-state index contributed by atoms with van der Waals surface area (Å²) in [6, 6.07) is 12.0. The maximum atomic E-state index is 11.9. The van der Waals surface area contributed by atoms with Crippen LogP contribution in [0, 0.1) is 6.92 Å². The zero-order valence-corrected chi connectivity index (χ0v) is 11.8. The molecule has 0 aliphatic rings. The van der Waals surface area contributed by atoms with Crippen molar-refractivity contribution in [3.8, 4) is 11.5 Å². The van der Waals surface area contributed by atoms with Crippen LogP contribution in [0.2, 0.25) is 0 Å². The van der Waals surface area contributed by atoms with Crippen LogP contribution in [0.25, 0.3) is 0 Å². The maximum Gasteiger partial charge on any atom is 0.271 e. The summed E-state index contributed by atoms with van der Waals surface area (Å²) in [6.07, 6.45) is 1.37. The van der Waals surface area contributed by atoms with Gasteiger partial charge in [0.2, 0.25) is 0 Å². The third-order valence-corrected chi connectivity index (χ3v) is 2.88. The maximum absolute atomic E-state index is 11.9. The lowest BCUT2D eigenvalue weighted by Gasteiger charge is -2.03. The molecule has 0 fully saturated rings. The number of nitrogens with zero attached hydrogens (tertiary/aromatic N) is 1. The van der Waals surface area contributed by atoms with Gasteiger partial charge in [0.05, 0.1) is 13.3 Å². The molecule has 0 atom stereocenters. The zero-order chi connectivity index (χ0) is 15.2. The Bertz CT molecular complexity index is 681. The van der Waals surface area contributed by atoms with E-state index in [9.17, 15) is 9.90 Å². The van der Waals surface area contributed by atoms with Crippen molar-refractivity contribution >= 4 is 12.1 Å². The largest absolute Gasteiger partial charge is 0.507 e. The van der Waals surface area contributed by atoms with E-state index in [4.69, 9.17) is 4.74 Å². The first kappa shape index (κ1) is 14.6.